The molecule has 0 bridgehead atoms. The lowest BCUT2D eigenvalue weighted by Crippen LogP contribution is -2.30. The van der Waals surface area contributed by atoms with Crippen LogP contribution in [-0.4, -0.2) is 25.0 Å². The Hall–Kier alpha value is -0.970. The van der Waals surface area contributed by atoms with E-state index in [1.165, 1.54) is 11.9 Å². The zero-order valence-electron chi connectivity index (χ0n) is 9.26. The summed E-state index contributed by atoms with van der Waals surface area (Å²) in [6.07, 6.45) is 1.80. The summed E-state index contributed by atoms with van der Waals surface area (Å²) < 4.78 is 2.58. The second kappa shape index (κ2) is 6.48. The normalized spacial score (nSPS) is 13.4. The molecule has 0 saturated carbocycles. The molecule has 80 valence electrons. The lowest BCUT2D eigenvalue weighted by molar-refractivity contribution is 0.249. The number of rotatable bonds is 3. The number of amides is 2. The highest BCUT2D eigenvalue weighted by molar-refractivity contribution is 7.97. The summed E-state index contributed by atoms with van der Waals surface area (Å²) in [6.45, 7) is 5.69. The van der Waals surface area contributed by atoms with E-state index in [4.69, 9.17) is 0 Å². The van der Waals surface area contributed by atoms with Gasteiger partial charge in [0.25, 0.3) is 0 Å². The average Bonchev–Trinajstić information content (AvgIpc) is 2.15. The Morgan fingerprint density at radius 3 is 2.29 bits per heavy atom. The predicted molar refractivity (Wildman–Crippen MR) is 62.6 cm³/mol. The van der Waals surface area contributed by atoms with E-state index >= 15 is 0 Å². The van der Waals surface area contributed by atoms with Crippen LogP contribution in [0.5, 0.6) is 0 Å². The van der Waals surface area contributed by atoms with Crippen LogP contribution in [0.15, 0.2) is 16.3 Å². The minimum Gasteiger partial charge on any atom is -0.311 e. The van der Waals surface area contributed by atoms with Crippen LogP contribution in [0.1, 0.15) is 20.8 Å². The van der Waals surface area contributed by atoms with Gasteiger partial charge in [-0.2, -0.15) is 0 Å². The molecule has 0 aromatic heterocycles. The first-order valence-electron chi connectivity index (χ1n) is 4.24. The average molecular weight is 215 g/mol. The summed E-state index contributed by atoms with van der Waals surface area (Å²) >= 11 is 1.26. The molecule has 0 aliphatic rings. The third-order valence-corrected chi connectivity index (χ3v) is 2.33. The van der Waals surface area contributed by atoms with Gasteiger partial charge in [0, 0.05) is 24.7 Å². The minimum atomic E-state index is -0.210. The van der Waals surface area contributed by atoms with Crippen molar-refractivity contribution in [1.29, 1.82) is 0 Å². The second-order valence-corrected chi connectivity index (χ2v) is 3.43. The molecule has 2 amide bonds. The quantitative estimate of drug-likeness (QED) is 0.558. The first kappa shape index (κ1) is 13.0. The Labute approximate surface area is 89.4 Å². The Morgan fingerprint density at radius 1 is 1.29 bits per heavy atom. The molecular weight excluding hydrogens is 198 g/mol. The number of nitrogens with zero attached hydrogens (tertiary/aromatic N) is 1. The van der Waals surface area contributed by atoms with Crippen LogP contribution in [-0.2, 0) is 0 Å². The molecular formula is C9H17N3OS. The fraction of sp³-hybridized carbons (Fsp3) is 0.556. The molecule has 0 heterocycles. The summed E-state index contributed by atoms with van der Waals surface area (Å²) in [4.78, 5) is 15.2. The zero-order valence-corrected chi connectivity index (χ0v) is 10.1. The summed E-state index contributed by atoms with van der Waals surface area (Å²) in [5.41, 5.74) is 2.73. The summed E-state index contributed by atoms with van der Waals surface area (Å²) in [6, 6.07) is -0.210. The van der Waals surface area contributed by atoms with E-state index in [0.29, 0.717) is 0 Å². The topological polar surface area (TPSA) is 53.5 Å². The largest absolute Gasteiger partial charge is 0.328 e. The van der Waals surface area contributed by atoms with Crippen molar-refractivity contribution in [3.05, 3.63) is 11.3 Å². The molecule has 5 heteroatoms. The molecule has 0 unspecified atom stereocenters. The van der Waals surface area contributed by atoms with Crippen molar-refractivity contribution in [3.63, 3.8) is 0 Å². The third-order valence-electron chi connectivity index (χ3n) is 1.94. The van der Waals surface area contributed by atoms with Crippen molar-refractivity contribution in [3.8, 4) is 0 Å². The second-order valence-electron chi connectivity index (χ2n) is 2.82. The van der Waals surface area contributed by atoms with Crippen molar-refractivity contribution < 1.29 is 4.79 Å². The van der Waals surface area contributed by atoms with Crippen molar-refractivity contribution in [1.82, 2.24) is 10.0 Å². The summed E-state index contributed by atoms with van der Waals surface area (Å²) in [7, 11) is 1.73. The molecule has 0 aliphatic carbocycles. The highest BCUT2D eigenvalue weighted by Gasteiger charge is 2.03. The fourth-order valence-corrected chi connectivity index (χ4v) is 1.06. The van der Waals surface area contributed by atoms with E-state index in [1.807, 2.05) is 20.8 Å². The molecule has 0 aromatic carbocycles. The zero-order chi connectivity index (χ0) is 11.1. The molecule has 2 N–H and O–H groups in total. The molecule has 0 aliphatic heterocycles. The lowest BCUT2D eigenvalue weighted by atomic mass is 10.1. The molecule has 4 nitrogen and oxygen atoms in total. The van der Waals surface area contributed by atoms with Gasteiger partial charge < -0.3 is 5.32 Å². The Bertz CT molecular complexity index is 271. The molecule has 0 rings (SSSR count). The fourth-order valence-electron chi connectivity index (χ4n) is 0.821. The molecule has 14 heavy (non-hydrogen) atoms. The van der Waals surface area contributed by atoms with E-state index in [-0.39, 0.29) is 6.03 Å². The van der Waals surface area contributed by atoms with Crippen molar-refractivity contribution >= 4 is 23.7 Å². The van der Waals surface area contributed by atoms with Crippen LogP contribution >= 0.6 is 11.9 Å². The predicted octanol–water partition coefficient (Wildman–Crippen LogP) is 1.95. The third kappa shape index (κ3) is 4.32. The number of nitrogens with one attached hydrogen (secondary N) is 2. The van der Waals surface area contributed by atoms with E-state index < -0.39 is 0 Å². The van der Waals surface area contributed by atoms with Gasteiger partial charge >= 0.3 is 6.03 Å². The smallest absolute Gasteiger partial charge is 0.311 e. The lowest BCUT2D eigenvalue weighted by Gasteiger charge is -2.09. The molecule has 0 atom stereocenters. The Balaban J connectivity index is 4.45. The maximum atomic E-state index is 11.2. The van der Waals surface area contributed by atoms with Crippen molar-refractivity contribution in [2.24, 2.45) is 4.99 Å². The van der Waals surface area contributed by atoms with Crippen LogP contribution in [0, 0.1) is 0 Å². The van der Waals surface area contributed by atoms with Gasteiger partial charge in [0.2, 0.25) is 0 Å². The van der Waals surface area contributed by atoms with Crippen LogP contribution in [0.2, 0.25) is 0 Å². The van der Waals surface area contributed by atoms with Gasteiger partial charge in [0.05, 0.1) is 0 Å². The number of hydrogen-bond donors (Lipinski definition) is 2. The van der Waals surface area contributed by atoms with Gasteiger partial charge in [-0.15, -0.1) is 0 Å². The van der Waals surface area contributed by atoms with E-state index in [1.54, 1.807) is 13.3 Å². The highest BCUT2D eigenvalue weighted by atomic mass is 32.2. The maximum Gasteiger partial charge on any atom is 0.328 e. The standard InChI is InChI=1S/C9H17N3OS/c1-6(7(2)10-4)8(3)11-9(13)12-14-5/h1-5H3,(H2,11,12,13)/b8-6+,10-7-. The SMILES string of the molecule is C/N=C(C)\C(C)=C(/C)NC(=O)NSC. The van der Waals surface area contributed by atoms with Gasteiger partial charge in [0.15, 0.2) is 0 Å². The van der Waals surface area contributed by atoms with Gasteiger partial charge in [-0.1, -0.05) is 11.9 Å². The first-order valence-corrected chi connectivity index (χ1v) is 5.46. The monoisotopic (exact) mass is 215 g/mol. The number of carbonyl (C=O) groups is 1. The van der Waals surface area contributed by atoms with E-state index in [0.717, 1.165) is 17.0 Å². The molecule has 0 fully saturated rings. The number of urea groups is 1. The van der Waals surface area contributed by atoms with Crippen LogP contribution in [0.3, 0.4) is 0 Å². The van der Waals surface area contributed by atoms with Crippen LogP contribution in [0.4, 0.5) is 4.79 Å². The summed E-state index contributed by atoms with van der Waals surface area (Å²) in [5, 5.41) is 2.72. The van der Waals surface area contributed by atoms with Gasteiger partial charge in [0.1, 0.15) is 0 Å². The van der Waals surface area contributed by atoms with Crippen LogP contribution in [0.25, 0.3) is 0 Å². The van der Waals surface area contributed by atoms with Crippen molar-refractivity contribution in [2.75, 3.05) is 13.3 Å². The van der Waals surface area contributed by atoms with Gasteiger partial charge in [-0.3, -0.25) is 9.71 Å². The minimum absolute atomic E-state index is 0.210. The molecule has 0 aromatic rings. The number of allylic oxidation sites excluding steroid dienone is 2. The van der Waals surface area contributed by atoms with Crippen LogP contribution < -0.4 is 10.0 Å². The number of aliphatic imine (C=N–C) groups is 1. The van der Waals surface area contributed by atoms with E-state index in [9.17, 15) is 4.79 Å². The summed E-state index contributed by atoms with van der Waals surface area (Å²) in [5.74, 6) is 0. The van der Waals surface area contributed by atoms with E-state index in [2.05, 4.69) is 15.0 Å². The van der Waals surface area contributed by atoms with Crippen molar-refractivity contribution in [2.45, 2.75) is 20.8 Å². The Morgan fingerprint density at radius 2 is 1.86 bits per heavy atom. The molecule has 0 spiro atoms. The number of carbonyl (C=O) groups excluding carboxylic acids is 1. The maximum absolute atomic E-state index is 11.2. The number of hydrogen-bond acceptors (Lipinski definition) is 3. The van der Waals surface area contributed by atoms with Gasteiger partial charge in [-0.25, -0.2) is 4.79 Å². The molecule has 0 radical (unpaired) electrons. The highest BCUT2D eigenvalue weighted by Crippen LogP contribution is 2.02. The Kier molecular flexibility index (Phi) is 6.03. The first-order chi connectivity index (χ1) is 6.52. The van der Waals surface area contributed by atoms with Gasteiger partial charge in [-0.05, 0) is 26.3 Å². The molecule has 0 saturated heterocycles.